The van der Waals surface area contributed by atoms with E-state index in [1.165, 1.54) is 24.3 Å². The van der Waals surface area contributed by atoms with Gasteiger partial charge in [0.05, 0.1) is 21.9 Å². The van der Waals surface area contributed by atoms with Crippen molar-refractivity contribution >= 4 is 37.5 Å². The van der Waals surface area contributed by atoms with Crippen molar-refractivity contribution < 1.29 is 40.7 Å². The number of cyclic esters (lactones) is 1. The number of benzene rings is 3. The summed E-state index contributed by atoms with van der Waals surface area (Å²) in [4.78, 5) is 26.5. The van der Waals surface area contributed by atoms with E-state index in [1.807, 2.05) is 0 Å². The predicted molar refractivity (Wildman–Crippen MR) is 155 cm³/mol. The number of aliphatic hydroxyl groups excluding tert-OH is 1. The first-order chi connectivity index (χ1) is 20.4. The van der Waals surface area contributed by atoms with Gasteiger partial charge < -0.3 is 9.84 Å². The number of anilines is 1. The zero-order chi connectivity index (χ0) is 30.9. The third-order valence-electron chi connectivity index (χ3n) is 7.38. The molecule has 43 heavy (non-hydrogen) atoms. The molecule has 3 aromatic carbocycles. The third-order valence-corrected chi connectivity index (χ3v) is 10.7. The number of carbonyl (C=O) groups is 2. The molecule has 2 aliphatic rings. The molecule has 2 unspecified atom stereocenters. The van der Waals surface area contributed by atoms with Gasteiger partial charge in [-0.3, -0.25) is 9.52 Å². The molecule has 0 aromatic heterocycles. The Labute approximate surface area is 248 Å². The monoisotopic (exact) mass is 628 g/mol. The van der Waals surface area contributed by atoms with E-state index in [1.54, 1.807) is 37.3 Å². The largest absolute Gasteiger partial charge is 0.504 e. The normalized spacial score (nSPS) is 18.4. The highest BCUT2D eigenvalue weighted by atomic mass is 32.2. The maximum Gasteiger partial charge on any atom is 0.339 e. The van der Waals surface area contributed by atoms with E-state index in [2.05, 4.69) is 4.72 Å². The van der Waals surface area contributed by atoms with E-state index in [4.69, 9.17) is 4.74 Å². The predicted octanol–water partition coefficient (Wildman–Crippen LogP) is 4.14. The van der Waals surface area contributed by atoms with E-state index in [0.29, 0.717) is 18.4 Å². The smallest absolute Gasteiger partial charge is 0.339 e. The molecule has 0 saturated heterocycles. The topological polar surface area (TPSA) is 147 Å². The zero-order valence-corrected chi connectivity index (χ0v) is 24.6. The van der Waals surface area contributed by atoms with Crippen molar-refractivity contribution in [3.63, 3.8) is 0 Å². The zero-order valence-electron chi connectivity index (χ0n) is 23.0. The Morgan fingerprint density at radius 1 is 0.953 bits per heavy atom. The van der Waals surface area contributed by atoms with Crippen LogP contribution in [0.4, 0.5) is 10.1 Å². The summed E-state index contributed by atoms with van der Waals surface area (Å²) >= 11 is 0. The summed E-state index contributed by atoms with van der Waals surface area (Å²) in [5, 5.41) is 11.0. The van der Waals surface area contributed by atoms with Crippen molar-refractivity contribution in [3.05, 3.63) is 102 Å². The van der Waals surface area contributed by atoms with Crippen LogP contribution in [-0.2, 0) is 34.4 Å². The van der Waals surface area contributed by atoms with Crippen LogP contribution >= 0.6 is 0 Å². The number of ketones is 1. The maximum atomic E-state index is 13.3. The molecule has 10 nitrogen and oxygen atoms in total. The fourth-order valence-electron chi connectivity index (χ4n) is 5.07. The minimum Gasteiger partial charge on any atom is -0.504 e. The number of esters is 1. The minimum absolute atomic E-state index is 0.00983. The first-order valence-corrected chi connectivity index (χ1v) is 16.5. The molecular formula is C30H29FN2O8S2. The summed E-state index contributed by atoms with van der Waals surface area (Å²) in [6, 6.07) is 18.1. The summed E-state index contributed by atoms with van der Waals surface area (Å²) in [6.07, 6.45) is -0.170. The Morgan fingerprint density at radius 2 is 1.63 bits per heavy atom. The number of rotatable bonds is 11. The fraction of sp³-hybridized carbons (Fsp3) is 0.267. The fourth-order valence-corrected chi connectivity index (χ4v) is 7.59. The van der Waals surface area contributed by atoms with Gasteiger partial charge in [0.25, 0.3) is 10.0 Å². The molecule has 13 heteroatoms. The number of nitrogens with one attached hydrogen (secondary N) is 1. The SMILES string of the molecule is CCN(CC1OC(=O)C(C(c2cccc(NS(=O)(=O)c3ccc(F)cc3)c2)C2CC2)=C(O)C1=O)S(=O)(=O)c1ccccc1. The second kappa shape index (κ2) is 11.9. The van der Waals surface area contributed by atoms with Gasteiger partial charge in [0, 0.05) is 18.2 Å². The summed E-state index contributed by atoms with van der Waals surface area (Å²) in [5.41, 5.74) is 0.371. The number of nitrogens with zero attached hydrogens (tertiary/aromatic N) is 1. The Hall–Kier alpha value is -4.07. The van der Waals surface area contributed by atoms with Gasteiger partial charge in [0.15, 0.2) is 11.9 Å². The van der Waals surface area contributed by atoms with Crippen molar-refractivity contribution in [3.8, 4) is 0 Å². The molecule has 1 aliphatic carbocycles. The lowest BCUT2D eigenvalue weighted by molar-refractivity contribution is -0.155. The lowest BCUT2D eigenvalue weighted by Gasteiger charge is -2.30. The molecule has 0 spiro atoms. The van der Waals surface area contributed by atoms with Crippen LogP contribution in [0, 0.1) is 11.7 Å². The number of hydrogen-bond donors (Lipinski definition) is 2. The van der Waals surface area contributed by atoms with Gasteiger partial charge in [-0.25, -0.2) is 26.0 Å². The quantitative estimate of drug-likeness (QED) is 0.301. The third kappa shape index (κ3) is 6.33. The van der Waals surface area contributed by atoms with Gasteiger partial charge in [-0.2, -0.15) is 4.31 Å². The number of likely N-dealkylation sites (N-methyl/N-ethyl adjacent to an activating group) is 1. The van der Waals surface area contributed by atoms with Crippen molar-refractivity contribution in [2.24, 2.45) is 5.92 Å². The van der Waals surface area contributed by atoms with E-state index < -0.39 is 61.9 Å². The number of aliphatic hydroxyl groups is 1. The van der Waals surface area contributed by atoms with Crippen LogP contribution in [0.15, 0.2) is 100.0 Å². The molecule has 1 saturated carbocycles. The lowest BCUT2D eigenvalue weighted by Crippen LogP contribution is -2.46. The Morgan fingerprint density at radius 3 is 2.26 bits per heavy atom. The standard InChI is InChI=1S/C30H29FN2O8S2/c1-2-33(43(39,40)24-9-4-3-5-10-24)18-25-28(34)29(35)27(30(36)41-25)26(19-11-12-19)20-7-6-8-22(17-20)32-42(37,38)23-15-13-21(31)14-16-23/h3-10,13-17,19,25-26,32,35H,2,11-12,18H2,1H3. The van der Waals surface area contributed by atoms with Gasteiger partial charge in [0.2, 0.25) is 15.8 Å². The van der Waals surface area contributed by atoms with Crippen LogP contribution in [0.5, 0.6) is 0 Å². The highest BCUT2D eigenvalue weighted by molar-refractivity contribution is 7.92. The molecule has 1 aliphatic heterocycles. The van der Waals surface area contributed by atoms with Gasteiger partial charge in [-0.05, 0) is 72.9 Å². The molecule has 0 amide bonds. The maximum absolute atomic E-state index is 13.3. The van der Waals surface area contributed by atoms with Crippen LogP contribution in [0.2, 0.25) is 0 Å². The van der Waals surface area contributed by atoms with Crippen LogP contribution < -0.4 is 4.72 Å². The van der Waals surface area contributed by atoms with Gasteiger partial charge in [-0.15, -0.1) is 0 Å². The van der Waals surface area contributed by atoms with Crippen molar-refractivity contribution in [1.82, 2.24) is 4.31 Å². The molecule has 0 radical (unpaired) electrons. The molecule has 3 aromatic rings. The number of ether oxygens (including phenoxy) is 1. The molecule has 1 fully saturated rings. The molecule has 2 N–H and O–H groups in total. The number of carbonyl (C=O) groups excluding carboxylic acids is 2. The van der Waals surface area contributed by atoms with Gasteiger partial charge >= 0.3 is 5.97 Å². The first kappa shape index (κ1) is 30.4. The van der Waals surface area contributed by atoms with E-state index in [0.717, 1.165) is 28.6 Å². The second-order valence-electron chi connectivity index (χ2n) is 10.3. The number of hydrogen-bond acceptors (Lipinski definition) is 8. The van der Waals surface area contributed by atoms with Crippen LogP contribution in [0.1, 0.15) is 31.2 Å². The Bertz CT molecular complexity index is 1790. The number of sulfonamides is 2. The van der Waals surface area contributed by atoms with Gasteiger partial charge in [-0.1, -0.05) is 37.3 Å². The number of halogens is 1. The average molecular weight is 629 g/mol. The van der Waals surface area contributed by atoms with Crippen molar-refractivity contribution in [1.29, 1.82) is 0 Å². The van der Waals surface area contributed by atoms with Crippen LogP contribution in [0.3, 0.4) is 0 Å². The second-order valence-corrected chi connectivity index (χ2v) is 13.9. The van der Waals surface area contributed by atoms with E-state index in [-0.39, 0.29) is 33.5 Å². The van der Waals surface area contributed by atoms with Crippen molar-refractivity contribution in [2.75, 3.05) is 17.8 Å². The Kier molecular flexibility index (Phi) is 8.41. The molecule has 226 valence electrons. The molecular weight excluding hydrogens is 599 g/mol. The Balaban J connectivity index is 1.41. The molecule has 5 rings (SSSR count). The summed E-state index contributed by atoms with van der Waals surface area (Å²) in [5.74, 6) is -4.16. The average Bonchev–Trinajstić information content (AvgIpc) is 3.82. The number of Topliss-reactive ketones (excluding diaryl/α,β-unsaturated/α-hetero) is 1. The van der Waals surface area contributed by atoms with Crippen molar-refractivity contribution in [2.45, 2.75) is 41.6 Å². The van der Waals surface area contributed by atoms with Gasteiger partial charge in [0.1, 0.15) is 5.82 Å². The lowest BCUT2D eigenvalue weighted by atomic mass is 9.84. The molecule has 1 heterocycles. The van der Waals surface area contributed by atoms with E-state index >= 15 is 0 Å². The van der Waals surface area contributed by atoms with Crippen LogP contribution in [0.25, 0.3) is 0 Å². The van der Waals surface area contributed by atoms with Crippen LogP contribution in [-0.4, -0.2) is 57.2 Å². The highest BCUT2D eigenvalue weighted by Crippen LogP contribution is 2.49. The molecule has 2 atom stereocenters. The minimum atomic E-state index is -4.06. The summed E-state index contributed by atoms with van der Waals surface area (Å²) in [7, 11) is -8.07. The highest BCUT2D eigenvalue weighted by Gasteiger charge is 2.46. The molecule has 0 bridgehead atoms. The summed E-state index contributed by atoms with van der Waals surface area (Å²) in [6.45, 7) is 1.09. The summed E-state index contributed by atoms with van der Waals surface area (Å²) < 4.78 is 74.1. The van der Waals surface area contributed by atoms with E-state index in [9.17, 15) is 35.9 Å². The first-order valence-electron chi connectivity index (χ1n) is 13.5.